The van der Waals surface area contributed by atoms with Crippen LogP contribution in [0.1, 0.15) is 29.8 Å². The van der Waals surface area contributed by atoms with Gasteiger partial charge in [-0.05, 0) is 30.3 Å². The van der Waals surface area contributed by atoms with Crippen molar-refractivity contribution in [2.45, 2.75) is 28.5 Å². The van der Waals surface area contributed by atoms with Crippen LogP contribution in [0.4, 0.5) is 0 Å². The molecule has 0 aliphatic heterocycles. The van der Waals surface area contributed by atoms with Gasteiger partial charge >= 0.3 is 0 Å². The summed E-state index contributed by atoms with van der Waals surface area (Å²) < 4.78 is 49.9. The molecule has 0 unspecified atom stereocenters. The van der Waals surface area contributed by atoms with Gasteiger partial charge in [0.2, 0.25) is 25.8 Å². The molecule has 0 aromatic heterocycles. The Hall–Kier alpha value is -2.67. The molecule has 27 heavy (non-hydrogen) atoms. The van der Waals surface area contributed by atoms with Crippen LogP contribution in [-0.2, 0) is 19.9 Å². The lowest BCUT2D eigenvalue weighted by molar-refractivity contribution is 0.0997. The molecule has 0 fully saturated rings. The van der Waals surface area contributed by atoms with Crippen LogP contribution >= 0.6 is 0 Å². The number of hydrogen-bond acceptors (Lipinski definition) is 5. The molecule has 0 spiro atoms. The number of sulfone groups is 1. The van der Waals surface area contributed by atoms with E-state index < -0.39 is 40.5 Å². The average molecular weight is 406 g/mol. The van der Waals surface area contributed by atoms with Crippen molar-refractivity contribution >= 4 is 25.8 Å². The molecule has 7 nitrogen and oxygen atoms in total. The van der Waals surface area contributed by atoms with Gasteiger partial charge in [-0.2, -0.15) is 0 Å². The topological polar surface area (TPSA) is 137 Å². The first kappa shape index (κ1) is 20.6. The number of primary amides is 1. The maximum Gasteiger partial charge on any atom is 0.250 e. The number of nitrogens with two attached hydrogens (primary N) is 2. The van der Waals surface area contributed by atoms with E-state index in [1.54, 1.807) is 0 Å². The van der Waals surface area contributed by atoms with Crippen LogP contribution in [-0.4, -0.2) is 22.7 Å². The van der Waals surface area contributed by atoms with E-state index in [4.69, 9.17) is 10.9 Å². The summed E-state index contributed by atoms with van der Waals surface area (Å²) in [5.74, 6) is 4.77. The Morgan fingerprint density at radius 3 is 2.07 bits per heavy atom. The number of benzene rings is 2. The van der Waals surface area contributed by atoms with Gasteiger partial charge in [0, 0.05) is 11.5 Å². The molecule has 2 aromatic carbocycles. The molecule has 0 saturated carbocycles. The molecule has 0 heterocycles. The number of amides is 1. The summed E-state index contributed by atoms with van der Waals surface area (Å²) in [4.78, 5) is 10.2. The predicted octanol–water partition coefficient (Wildman–Crippen LogP) is 1.27. The zero-order chi connectivity index (χ0) is 20.4. The van der Waals surface area contributed by atoms with E-state index in [1.807, 2.05) is 13.8 Å². The third-order valence-electron chi connectivity index (χ3n) is 3.49. The highest BCUT2D eigenvalue weighted by Gasteiger charge is 2.29. The summed E-state index contributed by atoms with van der Waals surface area (Å²) in [6, 6.07) is 8.80. The summed E-state index contributed by atoms with van der Waals surface area (Å²) in [5.41, 5.74) is 5.38. The number of carbonyl (C=O) groups is 1. The van der Waals surface area contributed by atoms with Gasteiger partial charge in [0.05, 0.1) is 15.4 Å². The van der Waals surface area contributed by atoms with Crippen LogP contribution in [0.2, 0.25) is 0 Å². The van der Waals surface area contributed by atoms with E-state index in [9.17, 15) is 21.6 Å². The van der Waals surface area contributed by atoms with E-state index >= 15 is 0 Å². The van der Waals surface area contributed by atoms with Crippen LogP contribution in [0.5, 0.6) is 0 Å². The van der Waals surface area contributed by atoms with Gasteiger partial charge in [-0.3, -0.25) is 4.79 Å². The highest BCUT2D eigenvalue weighted by Crippen LogP contribution is 2.29. The second-order valence-electron chi connectivity index (χ2n) is 5.99. The maximum absolute atomic E-state index is 13.1. The zero-order valence-electron chi connectivity index (χ0n) is 14.6. The molecular weight excluding hydrogens is 388 g/mol. The fourth-order valence-corrected chi connectivity index (χ4v) is 5.14. The first-order chi connectivity index (χ1) is 12.4. The molecule has 2 rings (SSSR count). The Kier molecular flexibility index (Phi) is 5.75. The third kappa shape index (κ3) is 4.54. The SMILES string of the molecule is CC(C)C#Cc1ccc(C(N)=O)c(S(=O)(=O)c2ccccc2S(N)(=O)=O)c1. The van der Waals surface area contributed by atoms with Gasteiger partial charge in [-0.1, -0.05) is 37.8 Å². The van der Waals surface area contributed by atoms with E-state index in [1.165, 1.54) is 30.3 Å². The predicted molar refractivity (Wildman–Crippen MR) is 99.9 cm³/mol. The van der Waals surface area contributed by atoms with Crippen LogP contribution in [0.25, 0.3) is 0 Å². The van der Waals surface area contributed by atoms with Gasteiger partial charge in [0.1, 0.15) is 4.90 Å². The fraction of sp³-hybridized carbons (Fsp3) is 0.167. The summed E-state index contributed by atoms with van der Waals surface area (Å²) in [5, 5.41) is 5.13. The zero-order valence-corrected chi connectivity index (χ0v) is 16.3. The summed E-state index contributed by atoms with van der Waals surface area (Å²) in [6.07, 6.45) is 0. The molecule has 142 valence electrons. The Balaban J connectivity index is 2.82. The second-order valence-corrected chi connectivity index (χ2v) is 9.41. The minimum atomic E-state index is -4.42. The molecule has 0 atom stereocenters. The van der Waals surface area contributed by atoms with Gasteiger partial charge in [-0.15, -0.1) is 0 Å². The van der Waals surface area contributed by atoms with Crippen molar-refractivity contribution in [2.75, 3.05) is 0 Å². The quantitative estimate of drug-likeness (QED) is 0.737. The fourth-order valence-electron chi connectivity index (χ4n) is 2.28. The molecular formula is C18H18N2O5S2. The standard InChI is InChI=1S/C18H18N2O5S2/c1-12(2)7-8-13-9-10-14(18(19)21)17(11-13)26(22,23)15-5-3-4-6-16(15)27(20,24)25/h3-6,9-12H,1-2H3,(H2,19,21)(H2,20,24,25). The van der Waals surface area contributed by atoms with E-state index in [-0.39, 0.29) is 11.5 Å². The third-order valence-corrected chi connectivity index (χ3v) is 6.44. The Morgan fingerprint density at radius 2 is 1.56 bits per heavy atom. The molecule has 4 N–H and O–H groups in total. The van der Waals surface area contributed by atoms with Crippen LogP contribution in [0.3, 0.4) is 0 Å². The van der Waals surface area contributed by atoms with Gasteiger partial charge in [0.15, 0.2) is 0 Å². The molecule has 1 amide bonds. The lowest BCUT2D eigenvalue weighted by atomic mass is 10.1. The normalized spacial score (nSPS) is 11.7. The first-order valence-corrected chi connectivity index (χ1v) is 10.8. The minimum Gasteiger partial charge on any atom is -0.366 e. The molecule has 2 aromatic rings. The maximum atomic E-state index is 13.1. The molecule has 0 aliphatic carbocycles. The van der Waals surface area contributed by atoms with Crippen LogP contribution < -0.4 is 10.9 Å². The van der Waals surface area contributed by atoms with Crippen molar-refractivity contribution < 1.29 is 21.6 Å². The molecule has 0 radical (unpaired) electrons. The number of sulfonamides is 1. The molecule has 9 heteroatoms. The van der Waals surface area contributed by atoms with E-state index in [2.05, 4.69) is 11.8 Å². The van der Waals surface area contributed by atoms with Crippen LogP contribution in [0.15, 0.2) is 57.2 Å². The monoisotopic (exact) mass is 406 g/mol. The Bertz CT molecular complexity index is 1170. The highest BCUT2D eigenvalue weighted by molar-refractivity contribution is 7.93. The van der Waals surface area contributed by atoms with Gasteiger partial charge < -0.3 is 5.73 Å². The van der Waals surface area contributed by atoms with Gasteiger partial charge in [-0.25, -0.2) is 22.0 Å². The number of primary sulfonamides is 1. The Labute approximate surface area is 158 Å². The number of hydrogen-bond donors (Lipinski definition) is 2. The second kappa shape index (κ2) is 7.52. The number of carbonyl (C=O) groups excluding carboxylic acids is 1. The smallest absolute Gasteiger partial charge is 0.250 e. The minimum absolute atomic E-state index is 0.0454. The summed E-state index contributed by atoms with van der Waals surface area (Å²) >= 11 is 0. The van der Waals surface area contributed by atoms with Gasteiger partial charge in [0.25, 0.3) is 0 Å². The van der Waals surface area contributed by atoms with Crippen LogP contribution in [0, 0.1) is 17.8 Å². The van der Waals surface area contributed by atoms with E-state index in [0.29, 0.717) is 5.56 Å². The van der Waals surface area contributed by atoms with E-state index in [0.717, 1.165) is 12.1 Å². The van der Waals surface area contributed by atoms with Crippen molar-refractivity contribution in [1.82, 2.24) is 0 Å². The van der Waals surface area contributed by atoms with Crippen molar-refractivity contribution in [3.05, 3.63) is 53.6 Å². The van der Waals surface area contributed by atoms with Crippen molar-refractivity contribution in [3.8, 4) is 11.8 Å². The average Bonchev–Trinajstić information content (AvgIpc) is 2.58. The Morgan fingerprint density at radius 1 is 0.963 bits per heavy atom. The lowest BCUT2D eigenvalue weighted by Gasteiger charge is -2.12. The van der Waals surface area contributed by atoms with Crippen molar-refractivity contribution in [2.24, 2.45) is 16.8 Å². The number of rotatable bonds is 4. The molecule has 0 saturated heterocycles. The molecule has 0 bridgehead atoms. The largest absolute Gasteiger partial charge is 0.366 e. The first-order valence-electron chi connectivity index (χ1n) is 7.77. The van der Waals surface area contributed by atoms with Crippen molar-refractivity contribution in [1.29, 1.82) is 0 Å². The lowest BCUT2D eigenvalue weighted by Crippen LogP contribution is -2.20. The molecule has 0 aliphatic rings. The summed E-state index contributed by atoms with van der Waals surface area (Å²) in [6.45, 7) is 3.73. The van der Waals surface area contributed by atoms with Crippen molar-refractivity contribution in [3.63, 3.8) is 0 Å². The summed E-state index contributed by atoms with van der Waals surface area (Å²) in [7, 11) is -8.73. The highest BCUT2D eigenvalue weighted by atomic mass is 32.2.